The molecule has 0 bridgehead atoms. The Kier molecular flexibility index (Phi) is 4.74. The van der Waals surface area contributed by atoms with Gasteiger partial charge in [-0.1, -0.05) is 27.7 Å². The van der Waals surface area contributed by atoms with Crippen LogP contribution in [0.2, 0.25) is 0 Å². The van der Waals surface area contributed by atoms with Crippen LogP contribution in [0.1, 0.15) is 44.9 Å². The van der Waals surface area contributed by atoms with Crippen LogP contribution in [0.4, 0.5) is 5.82 Å². The molecule has 2 heterocycles. The van der Waals surface area contributed by atoms with Crippen LogP contribution in [0.5, 0.6) is 0 Å². The molecule has 1 aliphatic heterocycles. The lowest BCUT2D eigenvalue weighted by Crippen LogP contribution is -2.41. The standard InChI is InChI=1S/C15H25N3S/c1-10(2)14-5-13(7-16)6-15(17-14)18-8-11(3)19-12(4)9-18/h5-6,10-12H,7-9,16H2,1-4H3. The molecule has 1 fully saturated rings. The van der Waals surface area contributed by atoms with Crippen LogP contribution in [-0.4, -0.2) is 28.6 Å². The maximum atomic E-state index is 5.82. The van der Waals surface area contributed by atoms with Crippen molar-refractivity contribution >= 4 is 17.6 Å². The summed E-state index contributed by atoms with van der Waals surface area (Å²) in [5.74, 6) is 1.55. The van der Waals surface area contributed by atoms with Crippen molar-refractivity contribution in [1.82, 2.24) is 4.98 Å². The summed E-state index contributed by atoms with van der Waals surface area (Å²) < 4.78 is 0. The van der Waals surface area contributed by atoms with E-state index in [1.807, 2.05) is 0 Å². The van der Waals surface area contributed by atoms with E-state index < -0.39 is 0 Å². The van der Waals surface area contributed by atoms with Crippen LogP contribution in [0, 0.1) is 0 Å². The number of rotatable bonds is 3. The van der Waals surface area contributed by atoms with E-state index in [9.17, 15) is 0 Å². The number of thioether (sulfide) groups is 1. The third kappa shape index (κ3) is 3.63. The van der Waals surface area contributed by atoms with Gasteiger partial charge in [-0.25, -0.2) is 4.98 Å². The number of aromatic nitrogens is 1. The van der Waals surface area contributed by atoms with E-state index in [-0.39, 0.29) is 0 Å². The summed E-state index contributed by atoms with van der Waals surface area (Å²) >= 11 is 2.07. The highest BCUT2D eigenvalue weighted by atomic mass is 32.2. The Bertz CT molecular complexity index is 423. The van der Waals surface area contributed by atoms with Crippen molar-refractivity contribution in [3.63, 3.8) is 0 Å². The zero-order chi connectivity index (χ0) is 14.0. The summed E-state index contributed by atoms with van der Waals surface area (Å²) in [5.41, 5.74) is 8.16. The minimum atomic E-state index is 0.444. The molecule has 0 aliphatic carbocycles. The number of hydrogen-bond donors (Lipinski definition) is 1. The Morgan fingerprint density at radius 1 is 1.32 bits per heavy atom. The smallest absolute Gasteiger partial charge is 0.129 e. The maximum absolute atomic E-state index is 5.82. The molecule has 19 heavy (non-hydrogen) atoms. The molecule has 1 aromatic heterocycles. The Balaban J connectivity index is 2.30. The largest absolute Gasteiger partial charge is 0.354 e. The van der Waals surface area contributed by atoms with Crippen molar-refractivity contribution in [2.24, 2.45) is 5.73 Å². The van der Waals surface area contributed by atoms with E-state index in [4.69, 9.17) is 10.7 Å². The van der Waals surface area contributed by atoms with Crippen molar-refractivity contribution in [1.29, 1.82) is 0 Å². The molecule has 2 atom stereocenters. The van der Waals surface area contributed by atoms with Gasteiger partial charge in [-0.3, -0.25) is 0 Å². The first-order valence-corrected chi connectivity index (χ1v) is 8.05. The van der Waals surface area contributed by atoms with Gasteiger partial charge in [0.25, 0.3) is 0 Å². The molecule has 0 spiro atoms. The lowest BCUT2D eigenvalue weighted by molar-refractivity contribution is 0.709. The molecule has 0 saturated carbocycles. The van der Waals surface area contributed by atoms with Crippen molar-refractivity contribution < 1.29 is 0 Å². The zero-order valence-electron chi connectivity index (χ0n) is 12.4. The van der Waals surface area contributed by atoms with E-state index in [0.717, 1.165) is 24.6 Å². The van der Waals surface area contributed by atoms with Crippen LogP contribution >= 0.6 is 11.8 Å². The minimum Gasteiger partial charge on any atom is -0.354 e. The molecule has 0 radical (unpaired) electrons. The number of nitrogens with zero attached hydrogens (tertiary/aromatic N) is 2. The average molecular weight is 279 g/mol. The number of nitrogens with two attached hydrogens (primary N) is 1. The van der Waals surface area contributed by atoms with Crippen molar-refractivity contribution in [2.45, 2.75) is 50.7 Å². The fourth-order valence-electron chi connectivity index (χ4n) is 2.53. The van der Waals surface area contributed by atoms with Gasteiger partial charge in [-0.2, -0.15) is 11.8 Å². The first-order chi connectivity index (χ1) is 8.99. The first kappa shape index (κ1) is 14.7. The van der Waals surface area contributed by atoms with E-state index in [1.54, 1.807) is 0 Å². The molecule has 1 aliphatic rings. The second kappa shape index (κ2) is 6.14. The summed E-state index contributed by atoms with van der Waals surface area (Å²) in [5, 5.41) is 1.32. The Morgan fingerprint density at radius 2 is 1.95 bits per heavy atom. The highest BCUT2D eigenvalue weighted by Gasteiger charge is 2.23. The van der Waals surface area contributed by atoms with Crippen LogP contribution in [0.3, 0.4) is 0 Å². The number of pyridine rings is 1. The second-order valence-electron chi connectivity index (χ2n) is 5.78. The normalized spacial score (nSPS) is 24.0. The Morgan fingerprint density at radius 3 is 2.47 bits per heavy atom. The van der Waals surface area contributed by atoms with Crippen LogP contribution in [0.25, 0.3) is 0 Å². The lowest BCUT2D eigenvalue weighted by atomic mass is 10.1. The lowest BCUT2D eigenvalue weighted by Gasteiger charge is -2.35. The molecular formula is C15H25N3S. The van der Waals surface area contributed by atoms with Gasteiger partial charge in [0.15, 0.2) is 0 Å². The van der Waals surface area contributed by atoms with Gasteiger partial charge in [0.2, 0.25) is 0 Å². The van der Waals surface area contributed by atoms with Gasteiger partial charge < -0.3 is 10.6 Å². The highest BCUT2D eigenvalue weighted by Crippen LogP contribution is 2.29. The zero-order valence-corrected chi connectivity index (χ0v) is 13.2. The predicted octanol–water partition coefficient (Wildman–Crippen LogP) is 2.99. The fourth-order valence-corrected chi connectivity index (χ4v) is 3.86. The summed E-state index contributed by atoms with van der Waals surface area (Å²) in [6, 6.07) is 4.29. The average Bonchev–Trinajstić information content (AvgIpc) is 2.37. The number of hydrogen-bond acceptors (Lipinski definition) is 4. The second-order valence-corrected chi connectivity index (χ2v) is 7.66. The van der Waals surface area contributed by atoms with Gasteiger partial charge >= 0.3 is 0 Å². The maximum Gasteiger partial charge on any atom is 0.129 e. The molecule has 2 N–H and O–H groups in total. The summed E-state index contributed by atoms with van der Waals surface area (Å²) in [4.78, 5) is 7.25. The molecule has 1 aromatic rings. The first-order valence-electron chi connectivity index (χ1n) is 7.11. The molecule has 0 aromatic carbocycles. The molecular weight excluding hydrogens is 254 g/mol. The third-order valence-electron chi connectivity index (χ3n) is 3.46. The minimum absolute atomic E-state index is 0.444. The Hall–Kier alpha value is -0.740. The van der Waals surface area contributed by atoms with Crippen molar-refractivity contribution in [3.05, 3.63) is 23.4 Å². The van der Waals surface area contributed by atoms with Gasteiger partial charge in [-0.15, -0.1) is 0 Å². The molecule has 2 unspecified atom stereocenters. The summed E-state index contributed by atoms with van der Waals surface area (Å²) in [6.45, 7) is 11.7. The van der Waals surface area contributed by atoms with Crippen LogP contribution in [0.15, 0.2) is 12.1 Å². The van der Waals surface area contributed by atoms with E-state index in [1.165, 1.54) is 5.56 Å². The molecule has 4 heteroatoms. The monoisotopic (exact) mass is 279 g/mol. The third-order valence-corrected chi connectivity index (χ3v) is 4.69. The SMILES string of the molecule is CC1CN(c2cc(CN)cc(C(C)C)n2)CC(C)S1. The van der Waals surface area contributed by atoms with E-state index in [2.05, 4.69) is 56.5 Å². The van der Waals surface area contributed by atoms with E-state index in [0.29, 0.717) is 23.0 Å². The predicted molar refractivity (Wildman–Crippen MR) is 84.9 cm³/mol. The summed E-state index contributed by atoms with van der Waals surface area (Å²) in [6.07, 6.45) is 0. The molecule has 106 valence electrons. The highest BCUT2D eigenvalue weighted by molar-refractivity contribution is 8.00. The topological polar surface area (TPSA) is 42.1 Å². The summed E-state index contributed by atoms with van der Waals surface area (Å²) in [7, 11) is 0. The van der Waals surface area contributed by atoms with Gasteiger partial charge in [0.05, 0.1) is 0 Å². The van der Waals surface area contributed by atoms with Gasteiger partial charge in [0, 0.05) is 35.8 Å². The number of anilines is 1. The van der Waals surface area contributed by atoms with Crippen molar-refractivity contribution in [3.8, 4) is 0 Å². The van der Waals surface area contributed by atoms with Crippen LogP contribution < -0.4 is 10.6 Å². The molecule has 2 rings (SSSR count). The molecule has 3 nitrogen and oxygen atoms in total. The molecule has 0 amide bonds. The van der Waals surface area contributed by atoms with Gasteiger partial charge in [-0.05, 0) is 23.6 Å². The van der Waals surface area contributed by atoms with E-state index >= 15 is 0 Å². The quantitative estimate of drug-likeness (QED) is 0.923. The van der Waals surface area contributed by atoms with Crippen LogP contribution in [-0.2, 0) is 6.54 Å². The van der Waals surface area contributed by atoms with Gasteiger partial charge in [0.1, 0.15) is 5.82 Å². The van der Waals surface area contributed by atoms with Crippen molar-refractivity contribution in [2.75, 3.05) is 18.0 Å². The fraction of sp³-hybridized carbons (Fsp3) is 0.667. The molecule has 1 saturated heterocycles. The Labute approximate surface area is 121 Å².